The van der Waals surface area contributed by atoms with Crippen LogP contribution in [0.3, 0.4) is 0 Å². The largest absolute Gasteiger partial charge is 0.308 e. The Morgan fingerprint density at radius 2 is 1.88 bits per heavy atom. The highest BCUT2D eigenvalue weighted by atomic mass is 35.5. The average molecular weight is 354 g/mol. The molecular weight excluding hydrogens is 334 g/mol. The second kappa shape index (κ2) is 7.24. The van der Waals surface area contributed by atoms with Gasteiger partial charge in [0.05, 0.1) is 11.3 Å². The Morgan fingerprint density at radius 3 is 2.56 bits per heavy atom. The minimum atomic E-state index is -0.174. The summed E-state index contributed by atoms with van der Waals surface area (Å²) in [5.41, 5.74) is 3.63. The number of rotatable bonds is 5. The summed E-state index contributed by atoms with van der Waals surface area (Å²) in [7, 11) is 0. The average Bonchev–Trinajstić information content (AvgIpc) is 2.85. The molecule has 1 aliphatic rings. The number of hydrogen-bond donors (Lipinski definition) is 0. The highest BCUT2D eigenvalue weighted by molar-refractivity contribution is 6.37. The van der Waals surface area contributed by atoms with Crippen LogP contribution in [0.5, 0.6) is 0 Å². The van der Waals surface area contributed by atoms with Gasteiger partial charge in [-0.05, 0) is 37.6 Å². The zero-order chi connectivity index (χ0) is 18.0. The number of fused-ring (bicyclic) bond motifs is 1. The minimum Gasteiger partial charge on any atom is -0.308 e. The van der Waals surface area contributed by atoms with Crippen molar-refractivity contribution in [2.24, 2.45) is 0 Å². The lowest BCUT2D eigenvalue weighted by molar-refractivity contribution is -0.113. The molecule has 4 heteroatoms. The minimum absolute atomic E-state index is 0.133. The fraction of sp³-hybridized carbons (Fsp3) is 0.238. The summed E-state index contributed by atoms with van der Waals surface area (Å²) in [4.78, 5) is 27.2. The van der Waals surface area contributed by atoms with Crippen LogP contribution < -0.4 is 4.90 Å². The first-order valence-corrected chi connectivity index (χ1v) is 8.83. The molecule has 25 heavy (non-hydrogen) atoms. The van der Waals surface area contributed by atoms with Crippen LogP contribution in [0.1, 0.15) is 41.3 Å². The van der Waals surface area contributed by atoms with Crippen molar-refractivity contribution in [2.45, 2.75) is 26.7 Å². The molecule has 0 bridgehead atoms. The number of amides is 1. The van der Waals surface area contributed by atoms with E-state index in [-0.39, 0.29) is 11.7 Å². The van der Waals surface area contributed by atoms with Gasteiger partial charge in [0.25, 0.3) is 5.91 Å². The van der Waals surface area contributed by atoms with Crippen molar-refractivity contribution in [1.82, 2.24) is 0 Å². The lowest BCUT2D eigenvalue weighted by atomic mass is 10.0. The Labute approximate surface area is 152 Å². The number of carbonyl (C=O) groups excluding carboxylic acids is 2. The predicted octanol–water partition coefficient (Wildman–Crippen LogP) is 5.06. The third-order valence-electron chi connectivity index (χ3n) is 4.36. The lowest BCUT2D eigenvalue weighted by Gasteiger charge is -2.16. The van der Waals surface area contributed by atoms with Crippen LogP contribution in [-0.4, -0.2) is 18.2 Å². The molecule has 0 fully saturated rings. The zero-order valence-electron chi connectivity index (χ0n) is 14.4. The molecule has 0 aliphatic carbocycles. The normalized spacial score (nSPS) is 14.9. The van der Waals surface area contributed by atoms with Crippen LogP contribution in [0, 0.1) is 6.92 Å². The molecule has 2 aromatic rings. The molecule has 0 unspecified atom stereocenters. The topological polar surface area (TPSA) is 37.4 Å². The standard InChI is InChI=1S/C21H20ClNO2/c1-3-4-11-23-19-10-9-16(22)12-17(19)18(21(23)25)13-20(24)15-7-5-14(2)6-8-15/h5-10,12-13H,3-4,11H2,1-2H3/b18-13+. The molecule has 2 aromatic carbocycles. The van der Waals surface area contributed by atoms with Gasteiger partial charge in [0.15, 0.2) is 5.78 Å². The highest BCUT2D eigenvalue weighted by Crippen LogP contribution is 2.38. The van der Waals surface area contributed by atoms with Gasteiger partial charge >= 0.3 is 0 Å². The molecule has 0 N–H and O–H groups in total. The van der Waals surface area contributed by atoms with Gasteiger partial charge in [-0.2, -0.15) is 0 Å². The van der Waals surface area contributed by atoms with E-state index in [0.29, 0.717) is 22.7 Å². The Morgan fingerprint density at radius 1 is 1.16 bits per heavy atom. The molecule has 0 atom stereocenters. The smallest absolute Gasteiger partial charge is 0.259 e. The van der Waals surface area contributed by atoms with Gasteiger partial charge in [0.2, 0.25) is 0 Å². The Hall–Kier alpha value is -2.39. The quantitative estimate of drug-likeness (QED) is 0.556. The molecule has 3 rings (SSSR count). The third-order valence-corrected chi connectivity index (χ3v) is 4.60. The summed E-state index contributed by atoms with van der Waals surface area (Å²) in [6, 6.07) is 12.7. The van der Waals surface area contributed by atoms with Gasteiger partial charge in [0.1, 0.15) is 0 Å². The Bertz CT molecular complexity index is 853. The number of aryl methyl sites for hydroxylation is 1. The second-order valence-corrected chi connectivity index (χ2v) is 6.70. The molecule has 3 nitrogen and oxygen atoms in total. The molecule has 0 saturated heterocycles. The number of ketones is 1. The lowest BCUT2D eigenvalue weighted by Crippen LogP contribution is -2.27. The van der Waals surface area contributed by atoms with Crippen molar-refractivity contribution in [3.8, 4) is 0 Å². The van der Waals surface area contributed by atoms with Gasteiger partial charge in [-0.25, -0.2) is 0 Å². The molecule has 1 aliphatic heterocycles. The van der Waals surface area contributed by atoms with Crippen LogP contribution >= 0.6 is 11.6 Å². The molecular formula is C21H20ClNO2. The van der Waals surface area contributed by atoms with E-state index < -0.39 is 0 Å². The molecule has 0 spiro atoms. The summed E-state index contributed by atoms with van der Waals surface area (Å²) in [5.74, 6) is -0.308. The predicted molar refractivity (Wildman–Crippen MR) is 102 cm³/mol. The number of unbranched alkanes of at least 4 members (excludes halogenated alkanes) is 1. The first kappa shape index (κ1) is 17.4. The maximum atomic E-state index is 12.9. The van der Waals surface area contributed by atoms with Gasteiger partial charge < -0.3 is 4.90 Å². The van der Waals surface area contributed by atoms with Crippen LogP contribution in [0.15, 0.2) is 48.5 Å². The molecule has 128 valence electrons. The van der Waals surface area contributed by atoms with E-state index in [0.717, 1.165) is 29.7 Å². The van der Waals surface area contributed by atoms with Crippen molar-refractivity contribution in [3.05, 3.63) is 70.3 Å². The number of hydrogen-bond acceptors (Lipinski definition) is 2. The van der Waals surface area contributed by atoms with Crippen LogP contribution in [0.2, 0.25) is 5.02 Å². The van der Waals surface area contributed by atoms with E-state index in [1.807, 2.05) is 25.1 Å². The zero-order valence-corrected chi connectivity index (χ0v) is 15.1. The molecule has 0 aromatic heterocycles. The summed E-state index contributed by atoms with van der Waals surface area (Å²) in [5, 5.41) is 0.553. The van der Waals surface area contributed by atoms with Gasteiger partial charge in [0, 0.05) is 22.7 Å². The number of nitrogens with zero attached hydrogens (tertiary/aromatic N) is 1. The monoisotopic (exact) mass is 353 g/mol. The van der Waals surface area contributed by atoms with Gasteiger partial charge in [-0.15, -0.1) is 0 Å². The first-order chi connectivity index (χ1) is 12.0. The summed E-state index contributed by atoms with van der Waals surface area (Å²) in [6.07, 6.45) is 3.34. The van der Waals surface area contributed by atoms with Crippen molar-refractivity contribution >= 4 is 34.6 Å². The number of allylic oxidation sites excluding steroid dienone is 1. The van der Waals surface area contributed by atoms with E-state index in [9.17, 15) is 9.59 Å². The highest BCUT2D eigenvalue weighted by Gasteiger charge is 2.32. The maximum absolute atomic E-state index is 12.9. The number of carbonyl (C=O) groups is 2. The van der Waals surface area contributed by atoms with Gasteiger partial charge in [-0.1, -0.05) is 54.8 Å². The first-order valence-electron chi connectivity index (χ1n) is 8.45. The SMILES string of the molecule is CCCCN1C(=O)/C(=C/C(=O)c2ccc(C)cc2)c2cc(Cl)ccc21. The molecule has 0 saturated carbocycles. The van der Waals surface area contributed by atoms with E-state index in [4.69, 9.17) is 11.6 Å². The van der Waals surface area contributed by atoms with E-state index in [1.165, 1.54) is 6.08 Å². The Kier molecular flexibility index (Phi) is 5.05. The molecule has 0 radical (unpaired) electrons. The van der Waals surface area contributed by atoms with Crippen LogP contribution in [0.25, 0.3) is 5.57 Å². The summed E-state index contributed by atoms with van der Waals surface area (Å²) >= 11 is 6.12. The number of benzene rings is 2. The molecule has 1 heterocycles. The Balaban J connectivity index is 2.00. The van der Waals surface area contributed by atoms with Crippen LogP contribution in [-0.2, 0) is 4.79 Å². The fourth-order valence-electron chi connectivity index (χ4n) is 2.94. The number of anilines is 1. The van der Waals surface area contributed by atoms with Crippen molar-refractivity contribution in [1.29, 1.82) is 0 Å². The van der Waals surface area contributed by atoms with E-state index >= 15 is 0 Å². The van der Waals surface area contributed by atoms with Crippen LogP contribution in [0.4, 0.5) is 5.69 Å². The third kappa shape index (κ3) is 3.52. The van der Waals surface area contributed by atoms with Gasteiger partial charge in [-0.3, -0.25) is 9.59 Å². The summed E-state index contributed by atoms with van der Waals surface area (Å²) < 4.78 is 0. The maximum Gasteiger partial charge on any atom is 0.259 e. The van der Waals surface area contributed by atoms with Crippen molar-refractivity contribution in [2.75, 3.05) is 11.4 Å². The van der Waals surface area contributed by atoms with Crippen molar-refractivity contribution in [3.63, 3.8) is 0 Å². The van der Waals surface area contributed by atoms with E-state index in [2.05, 4.69) is 6.92 Å². The van der Waals surface area contributed by atoms with E-state index in [1.54, 1.807) is 29.2 Å². The molecule has 1 amide bonds. The summed E-state index contributed by atoms with van der Waals surface area (Å²) in [6.45, 7) is 4.69. The second-order valence-electron chi connectivity index (χ2n) is 6.26. The van der Waals surface area contributed by atoms with Crippen molar-refractivity contribution < 1.29 is 9.59 Å². The number of halogens is 1. The fourth-order valence-corrected chi connectivity index (χ4v) is 3.11.